The Bertz CT molecular complexity index is 204. The summed E-state index contributed by atoms with van der Waals surface area (Å²) in [4.78, 5) is 2.57. The Kier molecular flexibility index (Phi) is 5.22. The van der Waals surface area contributed by atoms with Gasteiger partial charge in [-0.1, -0.05) is 13.8 Å². The van der Waals surface area contributed by atoms with Gasteiger partial charge in [-0.2, -0.15) is 0 Å². The van der Waals surface area contributed by atoms with Gasteiger partial charge in [-0.25, -0.2) is 0 Å². The van der Waals surface area contributed by atoms with Gasteiger partial charge < -0.3 is 10.8 Å². The zero-order valence-corrected chi connectivity index (χ0v) is 11.1. The molecule has 3 nitrogen and oxygen atoms in total. The number of nitrogens with zero attached hydrogens (tertiary/aromatic N) is 1. The lowest BCUT2D eigenvalue weighted by Crippen LogP contribution is -2.45. The Morgan fingerprint density at radius 3 is 2.75 bits per heavy atom. The van der Waals surface area contributed by atoms with Gasteiger partial charge in [-0.05, 0) is 44.6 Å². The Balaban J connectivity index is 2.46. The molecule has 3 heteroatoms. The van der Waals surface area contributed by atoms with Crippen LogP contribution in [-0.2, 0) is 0 Å². The van der Waals surface area contributed by atoms with Crippen molar-refractivity contribution >= 4 is 0 Å². The number of likely N-dealkylation sites (tertiary alicyclic amines) is 1. The second-order valence-corrected chi connectivity index (χ2v) is 5.91. The summed E-state index contributed by atoms with van der Waals surface area (Å²) in [5.74, 6) is 0. The molecule has 0 aromatic heterocycles. The number of rotatable bonds is 6. The standard InChI is InChI=1S/C13H28N2O/c1-11(14)13(2,3)10-15-8-4-6-12(15)7-5-9-16/h11-12,16H,4-10,14H2,1-3H3. The number of hydrogen-bond acceptors (Lipinski definition) is 3. The molecule has 0 aromatic carbocycles. The molecule has 1 fully saturated rings. The fourth-order valence-corrected chi connectivity index (χ4v) is 2.42. The molecular weight excluding hydrogens is 200 g/mol. The van der Waals surface area contributed by atoms with Crippen molar-refractivity contribution in [3.05, 3.63) is 0 Å². The molecule has 0 amide bonds. The van der Waals surface area contributed by atoms with Gasteiger partial charge in [-0.3, -0.25) is 4.90 Å². The van der Waals surface area contributed by atoms with E-state index in [9.17, 15) is 0 Å². The van der Waals surface area contributed by atoms with Gasteiger partial charge in [0.2, 0.25) is 0 Å². The summed E-state index contributed by atoms with van der Waals surface area (Å²) in [6, 6.07) is 0.900. The van der Waals surface area contributed by atoms with Crippen molar-refractivity contribution in [2.75, 3.05) is 19.7 Å². The number of hydrogen-bond donors (Lipinski definition) is 2. The lowest BCUT2D eigenvalue weighted by atomic mass is 9.85. The van der Waals surface area contributed by atoms with E-state index >= 15 is 0 Å². The molecule has 1 aliphatic heterocycles. The smallest absolute Gasteiger partial charge is 0.0431 e. The molecule has 16 heavy (non-hydrogen) atoms. The molecule has 2 unspecified atom stereocenters. The monoisotopic (exact) mass is 228 g/mol. The maximum atomic E-state index is 8.90. The Labute approximate surface area is 100 Å². The predicted octanol–water partition coefficient (Wildman–Crippen LogP) is 1.60. The molecule has 2 atom stereocenters. The Morgan fingerprint density at radius 2 is 2.19 bits per heavy atom. The molecule has 1 heterocycles. The SMILES string of the molecule is CC(N)C(C)(C)CN1CCCC1CCCO. The molecule has 0 aromatic rings. The highest BCUT2D eigenvalue weighted by Gasteiger charge is 2.31. The van der Waals surface area contributed by atoms with Crippen LogP contribution in [0, 0.1) is 5.41 Å². The molecule has 0 spiro atoms. The first-order valence-electron chi connectivity index (χ1n) is 6.58. The van der Waals surface area contributed by atoms with E-state index in [0.717, 1.165) is 19.4 Å². The molecule has 0 aliphatic carbocycles. The van der Waals surface area contributed by atoms with Crippen LogP contribution in [0.2, 0.25) is 0 Å². The van der Waals surface area contributed by atoms with Gasteiger partial charge in [0.15, 0.2) is 0 Å². The summed E-state index contributed by atoms with van der Waals surface area (Å²) in [5, 5.41) is 8.90. The fourth-order valence-electron chi connectivity index (χ4n) is 2.42. The third kappa shape index (κ3) is 3.72. The van der Waals surface area contributed by atoms with Gasteiger partial charge in [0.1, 0.15) is 0 Å². The summed E-state index contributed by atoms with van der Waals surface area (Å²) >= 11 is 0. The van der Waals surface area contributed by atoms with Gasteiger partial charge in [0.05, 0.1) is 0 Å². The van der Waals surface area contributed by atoms with Crippen LogP contribution in [0.25, 0.3) is 0 Å². The van der Waals surface area contributed by atoms with Crippen LogP contribution in [0.3, 0.4) is 0 Å². The number of aliphatic hydroxyl groups is 1. The largest absolute Gasteiger partial charge is 0.396 e. The van der Waals surface area contributed by atoms with Crippen LogP contribution < -0.4 is 5.73 Å². The number of nitrogens with two attached hydrogens (primary N) is 1. The highest BCUT2D eigenvalue weighted by molar-refractivity contribution is 4.87. The third-order valence-electron chi connectivity index (χ3n) is 4.04. The highest BCUT2D eigenvalue weighted by atomic mass is 16.2. The molecule has 0 bridgehead atoms. The van der Waals surface area contributed by atoms with Crippen LogP contribution in [0.1, 0.15) is 46.5 Å². The van der Waals surface area contributed by atoms with Gasteiger partial charge >= 0.3 is 0 Å². The minimum Gasteiger partial charge on any atom is -0.396 e. The van der Waals surface area contributed by atoms with E-state index in [2.05, 4.69) is 25.7 Å². The minimum atomic E-state index is 0.182. The molecule has 96 valence electrons. The van der Waals surface area contributed by atoms with Crippen LogP contribution in [0.15, 0.2) is 0 Å². The molecule has 1 rings (SSSR count). The van der Waals surface area contributed by atoms with E-state index in [1.165, 1.54) is 19.4 Å². The van der Waals surface area contributed by atoms with Gasteiger partial charge in [0, 0.05) is 25.2 Å². The van der Waals surface area contributed by atoms with Crippen molar-refractivity contribution in [3.63, 3.8) is 0 Å². The summed E-state index contributed by atoms with van der Waals surface area (Å²) in [7, 11) is 0. The summed E-state index contributed by atoms with van der Waals surface area (Å²) in [6.45, 7) is 9.20. The van der Waals surface area contributed by atoms with E-state index in [0.29, 0.717) is 12.6 Å². The first-order chi connectivity index (χ1) is 7.47. The van der Waals surface area contributed by atoms with Gasteiger partial charge in [-0.15, -0.1) is 0 Å². The third-order valence-corrected chi connectivity index (χ3v) is 4.04. The fraction of sp³-hybridized carbons (Fsp3) is 1.00. The highest BCUT2D eigenvalue weighted by Crippen LogP contribution is 2.28. The Morgan fingerprint density at radius 1 is 1.50 bits per heavy atom. The first-order valence-corrected chi connectivity index (χ1v) is 6.58. The quantitative estimate of drug-likeness (QED) is 0.726. The van der Waals surface area contributed by atoms with E-state index in [-0.39, 0.29) is 11.5 Å². The lowest BCUT2D eigenvalue weighted by molar-refractivity contribution is 0.136. The minimum absolute atomic E-state index is 0.182. The maximum absolute atomic E-state index is 8.90. The molecule has 1 aliphatic rings. The van der Waals surface area contributed by atoms with Crippen molar-refractivity contribution in [1.29, 1.82) is 0 Å². The average molecular weight is 228 g/mol. The lowest BCUT2D eigenvalue weighted by Gasteiger charge is -2.36. The van der Waals surface area contributed by atoms with Crippen molar-refractivity contribution in [2.24, 2.45) is 11.1 Å². The van der Waals surface area contributed by atoms with E-state index in [1.807, 2.05) is 0 Å². The zero-order valence-electron chi connectivity index (χ0n) is 11.1. The van der Waals surface area contributed by atoms with Crippen molar-refractivity contribution in [3.8, 4) is 0 Å². The second kappa shape index (κ2) is 5.99. The topological polar surface area (TPSA) is 49.5 Å². The van der Waals surface area contributed by atoms with Crippen molar-refractivity contribution in [1.82, 2.24) is 4.90 Å². The van der Waals surface area contributed by atoms with Crippen LogP contribution in [-0.4, -0.2) is 41.8 Å². The molecule has 0 saturated carbocycles. The molecule has 0 radical (unpaired) electrons. The van der Waals surface area contributed by atoms with Crippen LogP contribution in [0.5, 0.6) is 0 Å². The molecule has 3 N–H and O–H groups in total. The zero-order chi connectivity index (χ0) is 12.2. The van der Waals surface area contributed by atoms with Crippen LogP contribution >= 0.6 is 0 Å². The van der Waals surface area contributed by atoms with Crippen LogP contribution in [0.4, 0.5) is 0 Å². The molecular formula is C13H28N2O. The normalized spacial score (nSPS) is 24.9. The van der Waals surface area contributed by atoms with Gasteiger partial charge in [0.25, 0.3) is 0 Å². The van der Waals surface area contributed by atoms with E-state index in [4.69, 9.17) is 10.8 Å². The molecule has 1 saturated heterocycles. The van der Waals surface area contributed by atoms with E-state index in [1.54, 1.807) is 0 Å². The Hall–Kier alpha value is -0.120. The average Bonchev–Trinajstić information content (AvgIpc) is 2.61. The second-order valence-electron chi connectivity index (χ2n) is 5.91. The summed E-state index contributed by atoms with van der Waals surface area (Å²) < 4.78 is 0. The number of aliphatic hydroxyl groups excluding tert-OH is 1. The van der Waals surface area contributed by atoms with E-state index < -0.39 is 0 Å². The summed E-state index contributed by atoms with van der Waals surface area (Å²) in [6.07, 6.45) is 4.64. The van der Waals surface area contributed by atoms with Crippen molar-refractivity contribution < 1.29 is 5.11 Å². The summed E-state index contributed by atoms with van der Waals surface area (Å²) in [5.41, 5.74) is 6.21. The van der Waals surface area contributed by atoms with Crippen molar-refractivity contribution in [2.45, 2.75) is 58.5 Å². The maximum Gasteiger partial charge on any atom is 0.0431 e. The first kappa shape index (κ1) is 13.9. The predicted molar refractivity (Wildman–Crippen MR) is 68.3 cm³/mol.